The molecule has 0 fully saturated rings. The standard InChI is InChI=1S/C16H14N2O2/c1-19-10-6-7-15-13(8-10)11-4-2-3-5-12(11)16(20-15)14(18)9-17/h2-8,14-15H,18H2,1H3. The summed E-state index contributed by atoms with van der Waals surface area (Å²) in [6, 6.07) is 9.07. The van der Waals surface area contributed by atoms with Crippen LogP contribution >= 0.6 is 0 Å². The lowest BCUT2D eigenvalue weighted by molar-refractivity contribution is 0.237. The van der Waals surface area contributed by atoms with E-state index in [2.05, 4.69) is 0 Å². The molecule has 1 aliphatic carbocycles. The number of hydrogen-bond acceptors (Lipinski definition) is 4. The van der Waals surface area contributed by atoms with Gasteiger partial charge in [-0.2, -0.15) is 5.26 Å². The lowest BCUT2D eigenvalue weighted by atomic mass is 9.96. The molecule has 2 atom stereocenters. The first-order valence-electron chi connectivity index (χ1n) is 6.34. The molecule has 3 rings (SSSR count). The Morgan fingerprint density at radius 2 is 2.10 bits per heavy atom. The molecule has 100 valence electrons. The molecule has 0 aromatic heterocycles. The second kappa shape index (κ2) is 4.87. The summed E-state index contributed by atoms with van der Waals surface area (Å²) in [5.41, 5.74) is 6.86. The summed E-state index contributed by atoms with van der Waals surface area (Å²) in [6.07, 6.45) is 5.50. The van der Waals surface area contributed by atoms with Crippen LogP contribution in [0.3, 0.4) is 0 Å². The van der Waals surface area contributed by atoms with Crippen LogP contribution in [-0.4, -0.2) is 19.3 Å². The maximum absolute atomic E-state index is 9.06. The number of allylic oxidation sites excluding steroid dienone is 1. The van der Waals surface area contributed by atoms with Gasteiger partial charge >= 0.3 is 0 Å². The second-order valence-corrected chi connectivity index (χ2v) is 4.62. The van der Waals surface area contributed by atoms with E-state index in [0.29, 0.717) is 5.76 Å². The summed E-state index contributed by atoms with van der Waals surface area (Å²) in [5.74, 6) is 1.30. The van der Waals surface area contributed by atoms with Crippen molar-refractivity contribution in [3.8, 4) is 6.07 Å². The molecular weight excluding hydrogens is 252 g/mol. The Kier molecular flexibility index (Phi) is 3.05. The number of fused-ring (bicyclic) bond motifs is 2. The van der Waals surface area contributed by atoms with Gasteiger partial charge in [-0.15, -0.1) is 0 Å². The van der Waals surface area contributed by atoms with Crippen LogP contribution in [0.1, 0.15) is 0 Å². The van der Waals surface area contributed by atoms with Crippen molar-refractivity contribution in [2.45, 2.75) is 12.1 Å². The van der Waals surface area contributed by atoms with Gasteiger partial charge in [0.15, 0.2) is 6.04 Å². The van der Waals surface area contributed by atoms with Crippen LogP contribution < -0.4 is 16.2 Å². The van der Waals surface area contributed by atoms with Gasteiger partial charge in [0, 0.05) is 10.8 Å². The fourth-order valence-electron chi connectivity index (χ4n) is 2.48. The number of nitrogens with zero attached hydrogens (tertiary/aromatic N) is 1. The van der Waals surface area contributed by atoms with Gasteiger partial charge in [0.1, 0.15) is 17.6 Å². The predicted molar refractivity (Wildman–Crippen MR) is 75.2 cm³/mol. The third-order valence-electron chi connectivity index (χ3n) is 3.45. The van der Waals surface area contributed by atoms with Gasteiger partial charge in [-0.1, -0.05) is 24.3 Å². The van der Waals surface area contributed by atoms with E-state index in [1.807, 2.05) is 48.6 Å². The van der Waals surface area contributed by atoms with Crippen LogP contribution in [0.4, 0.5) is 0 Å². The molecule has 2 aliphatic rings. The number of methoxy groups -OCH3 is 1. The van der Waals surface area contributed by atoms with Crippen molar-refractivity contribution in [3.63, 3.8) is 0 Å². The fourth-order valence-corrected chi connectivity index (χ4v) is 2.48. The Hall–Kier alpha value is -2.51. The van der Waals surface area contributed by atoms with E-state index >= 15 is 0 Å². The zero-order valence-electron chi connectivity index (χ0n) is 11.0. The minimum absolute atomic E-state index is 0.224. The van der Waals surface area contributed by atoms with Crippen molar-refractivity contribution in [1.82, 2.24) is 0 Å². The van der Waals surface area contributed by atoms with Crippen LogP contribution in [0.2, 0.25) is 0 Å². The summed E-state index contributed by atoms with van der Waals surface area (Å²) >= 11 is 0. The molecule has 1 aromatic carbocycles. The summed E-state index contributed by atoms with van der Waals surface area (Å²) in [6.45, 7) is 0. The number of benzene rings is 1. The number of hydrogen-bond donors (Lipinski definition) is 1. The van der Waals surface area contributed by atoms with Gasteiger partial charge < -0.3 is 15.2 Å². The van der Waals surface area contributed by atoms with E-state index in [1.54, 1.807) is 7.11 Å². The monoisotopic (exact) mass is 266 g/mol. The maximum Gasteiger partial charge on any atom is 0.151 e. The number of nitriles is 1. The summed E-state index contributed by atoms with van der Waals surface area (Å²) in [7, 11) is 1.63. The van der Waals surface area contributed by atoms with Crippen molar-refractivity contribution in [1.29, 1.82) is 5.26 Å². The number of nitrogens with two attached hydrogens (primary N) is 1. The topological polar surface area (TPSA) is 68.3 Å². The molecule has 0 spiro atoms. The van der Waals surface area contributed by atoms with E-state index in [9.17, 15) is 0 Å². The highest BCUT2D eigenvalue weighted by molar-refractivity contribution is 5.71. The molecule has 2 unspecified atom stereocenters. The van der Waals surface area contributed by atoms with Crippen LogP contribution in [-0.2, 0) is 9.47 Å². The first kappa shape index (κ1) is 12.5. The Bertz CT molecular complexity index is 768. The third kappa shape index (κ3) is 1.89. The minimum Gasteiger partial charge on any atom is -0.497 e. The molecule has 1 heterocycles. The van der Waals surface area contributed by atoms with Gasteiger partial charge in [-0.25, -0.2) is 0 Å². The van der Waals surface area contributed by atoms with Gasteiger partial charge in [-0.05, 0) is 23.4 Å². The van der Waals surface area contributed by atoms with Crippen molar-refractivity contribution < 1.29 is 9.47 Å². The largest absolute Gasteiger partial charge is 0.497 e. The SMILES string of the molecule is COC1=CC2=c3ccccc3=C(C(N)C#N)OC2C=C1. The summed E-state index contributed by atoms with van der Waals surface area (Å²) in [5, 5.41) is 11.0. The molecule has 1 aliphatic heterocycles. The molecule has 4 heteroatoms. The lowest BCUT2D eigenvalue weighted by Crippen LogP contribution is -2.43. The number of ether oxygens (including phenoxy) is 2. The van der Waals surface area contributed by atoms with Gasteiger partial charge in [0.25, 0.3) is 0 Å². The van der Waals surface area contributed by atoms with Gasteiger partial charge in [-0.3, -0.25) is 0 Å². The molecule has 0 amide bonds. The second-order valence-electron chi connectivity index (χ2n) is 4.62. The van der Waals surface area contributed by atoms with E-state index < -0.39 is 6.04 Å². The van der Waals surface area contributed by atoms with Crippen LogP contribution in [0, 0.1) is 11.3 Å². The molecular formula is C16H14N2O2. The zero-order valence-corrected chi connectivity index (χ0v) is 11.0. The Morgan fingerprint density at radius 3 is 2.80 bits per heavy atom. The van der Waals surface area contributed by atoms with Gasteiger partial charge in [0.2, 0.25) is 0 Å². The van der Waals surface area contributed by atoms with E-state index in [1.165, 1.54) is 0 Å². The minimum atomic E-state index is -0.765. The molecule has 1 aromatic rings. The van der Waals surface area contributed by atoms with E-state index in [-0.39, 0.29) is 6.10 Å². The summed E-state index contributed by atoms with van der Waals surface area (Å²) in [4.78, 5) is 0. The normalized spacial score (nSPS) is 21.1. The van der Waals surface area contributed by atoms with Gasteiger partial charge in [0.05, 0.1) is 13.2 Å². The molecule has 0 bridgehead atoms. The number of rotatable bonds is 2. The zero-order chi connectivity index (χ0) is 14.1. The van der Waals surface area contributed by atoms with Crippen LogP contribution in [0.5, 0.6) is 0 Å². The van der Waals surface area contributed by atoms with Crippen LogP contribution in [0.25, 0.3) is 11.3 Å². The third-order valence-corrected chi connectivity index (χ3v) is 3.45. The average molecular weight is 266 g/mol. The van der Waals surface area contributed by atoms with Crippen molar-refractivity contribution in [3.05, 3.63) is 58.7 Å². The Morgan fingerprint density at radius 1 is 1.35 bits per heavy atom. The highest BCUT2D eigenvalue weighted by Gasteiger charge is 2.25. The molecule has 4 nitrogen and oxygen atoms in total. The fraction of sp³-hybridized carbons (Fsp3) is 0.188. The van der Waals surface area contributed by atoms with Crippen molar-refractivity contribution in [2.75, 3.05) is 7.11 Å². The molecule has 2 N–H and O–H groups in total. The van der Waals surface area contributed by atoms with E-state index in [4.69, 9.17) is 20.5 Å². The molecule has 0 radical (unpaired) electrons. The van der Waals surface area contributed by atoms with E-state index in [0.717, 1.165) is 21.8 Å². The molecule has 20 heavy (non-hydrogen) atoms. The first-order chi connectivity index (χ1) is 9.74. The van der Waals surface area contributed by atoms with Crippen LogP contribution in [0.15, 0.2) is 48.3 Å². The predicted octanol–water partition coefficient (Wildman–Crippen LogP) is 0.295. The van der Waals surface area contributed by atoms with Crippen molar-refractivity contribution in [2.24, 2.45) is 5.73 Å². The Balaban J connectivity index is 2.34. The lowest BCUT2D eigenvalue weighted by Gasteiger charge is -2.27. The first-order valence-corrected chi connectivity index (χ1v) is 6.34. The molecule has 0 saturated heterocycles. The Labute approximate surface area is 116 Å². The smallest absolute Gasteiger partial charge is 0.151 e. The summed E-state index contributed by atoms with van der Waals surface area (Å²) < 4.78 is 11.2. The van der Waals surface area contributed by atoms with Crippen molar-refractivity contribution >= 4 is 11.3 Å². The highest BCUT2D eigenvalue weighted by atomic mass is 16.5. The highest BCUT2D eigenvalue weighted by Crippen LogP contribution is 2.24. The maximum atomic E-state index is 9.06. The molecule has 0 saturated carbocycles. The quantitative estimate of drug-likeness (QED) is 0.835. The average Bonchev–Trinajstić information content (AvgIpc) is 2.52.